The van der Waals surface area contributed by atoms with Crippen molar-refractivity contribution >= 4 is 17.7 Å². The van der Waals surface area contributed by atoms with E-state index in [0.29, 0.717) is 6.42 Å². The number of hydrogen-bond donors (Lipinski definition) is 0. The number of esters is 2. The molecule has 0 saturated heterocycles. The minimum absolute atomic E-state index is 0.0833. The average molecular weight is 288 g/mol. The first kappa shape index (κ1) is 15.0. The average Bonchev–Trinajstić information content (AvgIpc) is 2.53. The summed E-state index contributed by atoms with van der Waals surface area (Å²) in [7, 11) is 2.43. The van der Waals surface area contributed by atoms with E-state index < -0.39 is 23.6 Å². The summed E-state index contributed by atoms with van der Waals surface area (Å²) in [6.07, 6.45) is 1.94. The quantitative estimate of drug-likeness (QED) is 0.480. The van der Waals surface area contributed by atoms with Crippen molar-refractivity contribution in [1.82, 2.24) is 0 Å². The first-order chi connectivity index (χ1) is 10.1. The largest absolute Gasteiger partial charge is 0.468 e. The Morgan fingerprint density at radius 3 is 2.33 bits per heavy atom. The maximum Gasteiger partial charge on any atom is 0.341 e. The fourth-order valence-electron chi connectivity index (χ4n) is 2.55. The minimum atomic E-state index is -1.02. The smallest absolute Gasteiger partial charge is 0.341 e. The zero-order chi connectivity index (χ0) is 15.4. The predicted molar refractivity (Wildman–Crippen MR) is 74.4 cm³/mol. The molecule has 2 atom stereocenters. The van der Waals surface area contributed by atoms with Gasteiger partial charge in [0.25, 0.3) is 0 Å². The molecule has 1 aromatic rings. The molecule has 110 valence electrons. The predicted octanol–water partition coefficient (Wildman–Crippen LogP) is 1.63. The van der Waals surface area contributed by atoms with E-state index in [1.807, 2.05) is 30.3 Å². The summed E-state index contributed by atoms with van der Waals surface area (Å²) >= 11 is 0. The molecule has 0 spiro atoms. The standard InChI is InChI=1S/C16H16O5/c1-20-15(18)12-9-8-11(10-6-4-3-5-7-10)13(14(12)17)16(19)21-2/h3-7,9,11,13H,8H2,1-2H3/t11-,13?/m0/s1. The number of rotatable bonds is 3. The summed E-state index contributed by atoms with van der Waals surface area (Å²) in [4.78, 5) is 36.0. The number of Topliss-reactive ketones (excluding diaryl/α,β-unsaturated/α-hetero) is 1. The van der Waals surface area contributed by atoms with Gasteiger partial charge in [-0.1, -0.05) is 36.4 Å². The van der Waals surface area contributed by atoms with Crippen LogP contribution < -0.4 is 0 Å². The van der Waals surface area contributed by atoms with Gasteiger partial charge in [0.05, 0.1) is 19.8 Å². The van der Waals surface area contributed by atoms with Crippen molar-refractivity contribution in [1.29, 1.82) is 0 Å². The minimum Gasteiger partial charge on any atom is -0.468 e. The lowest BCUT2D eigenvalue weighted by atomic mass is 9.75. The Bertz CT molecular complexity index is 588. The third kappa shape index (κ3) is 2.86. The van der Waals surface area contributed by atoms with Crippen molar-refractivity contribution in [2.24, 2.45) is 5.92 Å². The number of allylic oxidation sites excluding steroid dienone is 1. The molecule has 1 aliphatic carbocycles. The Kier molecular flexibility index (Phi) is 4.52. The van der Waals surface area contributed by atoms with Crippen molar-refractivity contribution in [3.8, 4) is 0 Å². The molecular weight excluding hydrogens is 272 g/mol. The molecule has 0 heterocycles. The highest BCUT2D eigenvalue weighted by Gasteiger charge is 2.42. The monoisotopic (exact) mass is 288 g/mol. The summed E-state index contributed by atoms with van der Waals surface area (Å²) in [6, 6.07) is 9.24. The van der Waals surface area contributed by atoms with Crippen molar-refractivity contribution in [3.63, 3.8) is 0 Å². The van der Waals surface area contributed by atoms with Gasteiger partial charge in [-0.3, -0.25) is 9.59 Å². The molecule has 0 N–H and O–H groups in total. The number of ether oxygens (including phenoxy) is 2. The Hall–Kier alpha value is -2.43. The van der Waals surface area contributed by atoms with Crippen LogP contribution in [0.4, 0.5) is 0 Å². The third-order valence-electron chi connectivity index (χ3n) is 3.61. The van der Waals surface area contributed by atoms with E-state index in [-0.39, 0.29) is 11.5 Å². The first-order valence-corrected chi connectivity index (χ1v) is 6.55. The maximum atomic E-state index is 12.4. The van der Waals surface area contributed by atoms with Crippen LogP contribution in [0.15, 0.2) is 42.0 Å². The summed E-state index contributed by atoms with van der Waals surface area (Å²) in [5, 5.41) is 0. The van der Waals surface area contributed by atoms with Gasteiger partial charge >= 0.3 is 11.9 Å². The Labute approximate surface area is 122 Å². The number of benzene rings is 1. The number of carbonyl (C=O) groups is 3. The normalized spacial score (nSPS) is 21.4. The SMILES string of the molecule is COC(=O)C1=CC[C@@H](c2ccccc2)C(C(=O)OC)C1=O. The fraction of sp³-hybridized carbons (Fsp3) is 0.312. The van der Waals surface area contributed by atoms with E-state index in [4.69, 9.17) is 4.74 Å². The second-order valence-electron chi connectivity index (χ2n) is 4.73. The highest BCUT2D eigenvalue weighted by molar-refractivity contribution is 6.23. The molecule has 1 unspecified atom stereocenters. The first-order valence-electron chi connectivity index (χ1n) is 6.55. The van der Waals surface area contributed by atoms with Crippen LogP contribution in [0.2, 0.25) is 0 Å². The zero-order valence-electron chi connectivity index (χ0n) is 11.9. The van der Waals surface area contributed by atoms with Gasteiger partial charge in [0.1, 0.15) is 5.92 Å². The van der Waals surface area contributed by atoms with Gasteiger partial charge in [0, 0.05) is 5.92 Å². The van der Waals surface area contributed by atoms with Crippen LogP contribution in [0, 0.1) is 5.92 Å². The van der Waals surface area contributed by atoms with Crippen molar-refractivity contribution in [2.45, 2.75) is 12.3 Å². The molecule has 5 heteroatoms. The number of ketones is 1. The van der Waals surface area contributed by atoms with Crippen LogP contribution in [-0.2, 0) is 23.9 Å². The van der Waals surface area contributed by atoms with E-state index >= 15 is 0 Å². The van der Waals surface area contributed by atoms with Gasteiger partial charge in [0.2, 0.25) is 0 Å². The fourth-order valence-corrected chi connectivity index (χ4v) is 2.55. The van der Waals surface area contributed by atoms with Gasteiger partial charge in [-0.15, -0.1) is 0 Å². The second kappa shape index (κ2) is 6.35. The van der Waals surface area contributed by atoms with Gasteiger partial charge in [-0.2, -0.15) is 0 Å². The van der Waals surface area contributed by atoms with E-state index in [0.717, 1.165) is 5.56 Å². The molecule has 0 saturated carbocycles. The summed E-state index contributed by atoms with van der Waals surface area (Å²) in [5.74, 6) is -3.26. The molecule has 1 aliphatic rings. The Morgan fingerprint density at radius 1 is 1.10 bits per heavy atom. The number of carbonyl (C=O) groups excluding carboxylic acids is 3. The lowest BCUT2D eigenvalue weighted by Gasteiger charge is -2.27. The summed E-state index contributed by atoms with van der Waals surface area (Å²) in [5.41, 5.74) is 0.779. The van der Waals surface area contributed by atoms with Crippen molar-refractivity contribution in [3.05, 3.63) is 47.5 Å². The summed E-state index contributed by atoms with van der Waals surface area (Å²) in [6.45, 7) is 0. The lowest BCUT2D eigenvalue weighted by Crippen LogP contribution is -2.37. The molecule has 21 heavy (non-hydrogen) atoms. The van der Waals surface area contributed by atoms with Gasteiger partial charge in [-0.05, 0) is 12.0 Å². The molecule has 0 radical (unpaired) electrons. The molecule has 0 aromatic heterocycles. The van der Waals surface area contributed by atoms with Crippen LogP contribution in [0.1, 0.15) is 17.9 Å². The summed E-state index contributed by atoms with van der Waals surface area (Å²) < 4.78 is 9.32. The zero-order valence-corrected chi connectivity index (χ0v) is 11.9. The number of hydrogen-bond acceptors (Lipinski definition) is 5. The molecule has 1 aromatic carbocycles. The maximum absolute atomic E-state index is 12.4. The van der Waals surface area contributed by atoms with Crippen LogP contribution >= 0.6 is 0 Å². The number of methoxy groups -OCH3 is 2. The van der Waals surface area contributed by atoms with Crippen LogP contribution in [0.3, 0.4) is 0 Å². The van der Waals surface area contributed by atoms with E-state index in [9.17, 15) is 14.4 Å². The van der Waals surface area contributed by atoms with Crippen molar-refractivity contribution in [2.75, 3.05) is 14.2 Å². The molecule has 0 fully saturated rings. The molecule has 0 aliphatic heterocycles. The van der Waals surface area contributed by atoms with Crippen LogP contribution in [0.25, 0.3) is 0 Å². The van der Waals surface area contributed by atoms with Crippen LogP contribution in [-0.4, -0.2) is 31.9 Å². The topological polar surface area (TPSA) is 69.7 Å². The van der Waals surface area contributed by atoms with Crippen molar-refractivity contribution < 1.29 is 23.9 Å². The lowest BCUT2D eigenvalue weighted by molar-refractivity contribution is -0.150. The van der Waals surface area contributed by atoms with Gasteiger partial charge in [0.15, 0.2) is 5.78 Å². The third-order valence-corrected chi connectivity index (χ3v) is 3.61. The molecule has 5 nitrogen and oxygen atoms in total. The van der Waals surface area contributed by atoms with E-state index in [2.05, 4.69) is 4.74 Å². The Balaban J connectivity index is 2.42. The molecule has 0 bridgehead atoms. The molecule has 0 amide bonds. The Morgan fingerprint density at radius 2 is 1.76 bits per heavy atom. The van der Waals surface area contributed by atoms with E-state index in [1.165, 1.54) is 20.3 Å². The van der Waals surface area contributed by atoms with E-state index in [1.54, 1.807) is 0 Å². The van der Waals surface area contributed by atoms with Gasteiger partial charge < -0.3 is 9.47 Å². The molecular formula is C16H16O5. The molecule has 2 rings (SSSR count). The highest BCUT2D eigenvalue weighted by atomic mass is 16.5. The van der Waals surface area contributed by atoms with Crippen LogP contribution in [0.5, 0.6) is 0 Å². The highest BCUT2D eigenvalue weighted by Crippen LogP contribution is 2.36. The van der Waals surface area contributed by atoms with Gasteiger partial charge in [-0.25, -0.2) is 4.79 Å². The second-order valence-corrected chi connectivity index (χ2v) is 4.73.